The molecule has 0 atom stereocenters. The third-order valence-electron chi connectivity index (χ3n) is 4.26. The first-order chi connectivity index (χ1) is 12.4. The topological polar surface area (TPSA) is 93.0 Å². The molecule has 1 aromatic heterocycles. The summed E-state index contributed by atoms with van der Waals surface area (Å²) < 4.78 is 37.3. The number of rotatable bonds is 5. The van der Waals surface area contributed by atoms with Gasteiger partial charge in [-0.15, -0.1) is 0 Å². The molecule has 8 nitrogen and oxygen atoms in total. The molecule has 2 aromatic rings. The van der Waals surface area contributed by atoms with Crippen molar-refractivity contribution in [2.75, 3.05) is 32.8 Å². The first kappa shape index (κ1) is 18.4. The van der Waals surface area contributed by atoms with Crippen molar-refractivity contribution in [3.63, 3.8) is 0 Å². The number of nitrogens with zero attached hydrogens (tertiary/aromatic N) is 3. The van der Waals surface area contributed by atoms with Crippen LogP contribution in [-0.4, -0.2) is 61.5 Å². The molecule has 2 heterocycles. The first-order valence-corrected chi connectivity index (χ1v) is 9.72. The second-order valence-corrected chi connectivity index (χ2v) is 7.91. The van der Waals surface area contributed by atoms with E-state index in [1.807, 2.05) is 18.2 Å². The SMILES string of the molecule is Cc1noc(C)c1S(=O)(=O)N1CCN(C(=O)COc2ccccc2)CC1. The van der Waals surface area contributed by atoms with Crippen LogP contribution in [0.25, 0.3) is 0 Å². The average Bonchev–Trinajstić information content (AvgIpc) is 2.99. The molecule has 0 saturated carbocycles. The zero-order chi connectivity index (χ0) is 18.7. The van der Waals surface area contributed by atoms with Crippen LogP contribution < -0.4 is 4.74 Å². The molecule has 1 aliphatic rings. The van der Waals surface area contributed by atoms with Crippen molar-refractivity contribution >= 4 is 15.9 Å². The van der Waals surface area contributed by atoms with Crippen LogP contribution in [0, 0.1) is 13.8 Å². The summed E-state index contributed by atoms with van der Waals surface area (Å²) in [6.07, 6.45) is 0. The molecular weight excluding hydrogens is 358 g/mol. The number of carbonyl (C=O) groups is 1. The lowest BCUT2D eigenvalue weighted by atomic mass is 10.3. The number of piperazine rings is 1. The summed E-state index contributed by atoms with van der Waals surface area (Å²) in [5, 5.41) is 3.71. The molecule has 1 saturated heterocycles. The highest BCUT2D eigenvalue weighted by Gasteiger charge is 2.34. The fourth-order valence-corrected chi connectivity index (χ4v) is 4.62. The lowest BCUT2D eigenvalue weighted by molar-refractivity contribution is -0.134. The zero-order valence-corrected chi connectivity index (χ0v) is 15.5. The molecule has 1 fully saturated rings. The Labute approximate surface area is 152 Å². The Hall–Kier alpha value is -2.39. The van der Waals surface area contributed by atoms with Gasteiger partial charge in [0, 0.05) is 26.2 Å². The number of carbonyl (C=O) groups excluding carboxylic acids is 1. The highest BCUT2D eigenvalue weighted by atomic mass is 32.2. The molecule has 3 rings (SSSR count). The molecule has 0 radical (unpaired) electrons. The number of hydrogen-bond donors (Lipinski definition) is 0. The summed E-state index contributed by atoms with van der Waals surface area (Å²) >= 11 is 0. The predicted octanol–water partition coefficient (Wildman–Crippen LogP) is 1.20. The fourth-order valence-electron chi connectivity index (χ4n) is 2.90. The molecule has 1 aliphatic heterocycles. The summed E-state index contributed by atoms with van der Waals surface area (Å²) in [5.41, 5.74) is 0.345. The quantitative estimate of drug-likeness (QED) is 0.775. The van der Waals surface area contributed by atoms with E-state index in [-0.39, 0.29) is 36.3 Å². The Morgan fingerprint density at radius 2 is 1.81 bits per heavy atom. The third kappa shape index (κ3) is 3.73. The van der Waals surface area contributed by atoms with E-state index in [2.05, 4.69) is 5.16 Å². The van der Waals surface area contributed by atoms with Gasteiger partial charge in [-0.3, -0.25) is 4.79 Å². The molecular formula is C17H21N3O5S. The van der Waals surface area contributed by atoms with E-state index in [1.54, 1.807) is 30.9 Å². The molecule has 0 bridgehead atoms. The van der Waals surface area contributed by atoms with Crippen LogP contribution in [0.15, 0.2) is 39.8 Å². The monoisotopic (exact) mass is 379 g/mol. The number of amides is 1. The molecule has 0 N–H and O–H groups in total. The fraction of sp³-hybridized carbons (Fsp3) is 0.412. The van der Waals surface area contributed by atoms with Gasteiger partial charge < -0.3 is 14.2 Å². The van der Waals surface area contributed by atoms with Gasteiger partial charge in [0.15, 0.2) is 12.4 Å². The molecule has 9 heteroatoms. The van der Waals surface area contributed by atoms with Crippen molar-refractivity contribution in [3.05, 3.63) is 41.8 Å². The van der Waals surface area contributed by atoms with E-state index >= 15 is 0 Å². The Balaban J connectivity index is 1.58. The van der Waals surface area contributed by atoms with Gasteiger partial charge >= 0.3 is 0 Å². The summed E-state index contributed by atoms with van der Waals surface area (Å²) in [7, 11) is -3.68. The Kier molecular flexibility index (Phi) is 5.28. The third-order valence-corrected chi connectivity index (χ3v) is 6.41. The molecule has 26 heavy (non-hydrogen) atoms. The highest BCUT2D eigenvalue weighted by Crippen LogP contribution is 2.24. The van der Waals surface area contributed by atoms with E-state index in [9.17, 15) is 13.2 Å². The van der Waals surface area contributed by atoms with Crippen LogP contribution in [0.1, 0.15) is 11.5 Å². The Bertz CT molecular complexity index is 852. The van der Waals surface area contributed by atoms with Crippen LogP contribution in [-0.2, 0) is 14.8 Å². The number of aromatic nitrogens is 1. The van der Waals surface area contributed by atoms with E-state index in [1.165, 1.54) is 4.31 Å². The number of sulfonamides is 1. The van der Waals surface area contributed by atoms with E-state index < -0.39 is 10.0 Å². The van der Waals surface area contributed by atoms with Gasteiger partial charge in [-0.05, 0) is 26.0 Å². The molecule has 1 aromatic carbocycles. The lowest BCUT2D eigenvalue weighted by Gasteiger charge is -2.33. The lowest BCUT2D eigenvalue weighted by Crippen LogP contribution is -2.51. The van der Waals surface area contributed by atoms with Crippen molar-refractivity contribution in [3.8, 4) is 5.75 Å². The van der Waals surface area contributed by atoms with Crippen molar-refractivity contribution in [2.45, 2.75) is 18.7 Å². The van der Waals surface area contributed by atoms with Crippen molar-refractivity contribution in [2.24, 2.45) is 0 Å². The normalized spacial score (nSPS) is 15.8. The summed E-state index contributed by atoms with van der Waals surface area (Å²) in [6.45, 7) is 4.20. The molecule has 0 spiro atoms. The summed E-state index contributed by atoms with van der Waals surface area (Å²) in [6, 6.07) is 9.09. The maximum absolute atomic E-state index is 12.8. The van der Waals surface area contributed by atoms with Crippen LogP contribution in [0.5, 0.6) is 5.75 Å². The second-order valence-electron chi connectivity index (χ2n) is 6.04. The number of benzene rings is 1. The van der Waals surface area contributed by atoms with Crippen molar-refractivity contribution in [1.29, 1.82) is 0 Å². The maximum Gasteiger partial charge on any atom is 0.260 e. The van der Waals surface area contributed by atoms with Crippen molar-refractivity contribution in [1.82, 2.24) is 14.4 Å². The largest absolute Gasteiger partial charge is 0.484 e. The molecule has 0 aliphatic carbocycles. The first-order valence-electron chi connectivity index (χ1n) is 8.28. The maximum atomic E-state index is 12.8. The van der Waals surface area contributed by atoms with Crippen LogP contribution in [0.4, 0.5) is 0 Å². The van der Waals surface area contributed by atoms with Gasteiger partial charge in [-0.1, -0.05) is 23.4 Å². The van der Waals surface area contributed by atoms with E-state index in [4.69, 9.17) is 9.26 Å². The average molecular weight is 379 g/mol. The zero-order valence-electron chi connectivity index (χ0n) is 14.7. The minimum Gasteiger partial charge on any atom is -0.484 e. The standard InChI is InChI=1S/C17H21N3O5S/c1-13-17(14(2)25-18-13)26(22,23)20-10-8-19(9-11-20)16(21)12-24-15-6-4-3-5-7-15/h3-7H,8-12H2,1-2H3. The number of hydrogen-bond acceptors (Lipinski definition) is 6. The van der Waals surface area contributed by atoms with Gasteiger partial charge in [0.05, 0.1) is 0 Å². The van der Waals surface area contributed by atoms with Gasteiger partial charge in [0.1, 0.15) is 16.3 Å². The van der Waals surface area contributed by atoms with Crippen molar-refractivity contribution < 1.29 is 22.5 Å². The summed E-state index contributed by atoms with van der Waals surface area (Å²) in [4.78, 5) is 14.0. The molecule has 140 valence electrons. The van der Waals surface area contributed by atoms with Gasteiger partial charge in [0.2, 0.25) is 10.0 Å². The Morgan fingerprint density at radius 1 is 1.15 bits per heavy atom. The van der Waals surface area contributed by atoms with Gasteiger partial charge in [-0.2, -0.15) is 4.31 Å². The number of ether oxygens (including phenoxy) is 1. The number of para-hydroxylation sites is 1. The summed E-state index contributed by atoms with van der Waals surface area (Å²) in [5.74, 6) is 0.737. The van der Waals surface area contributed by atoms with Crippen LogP contribution in [0.3, 0.4) is 0 Å². The van der Waals surface area contributed by atoms with Gasteiger partial charge in [0.25, 0.3) is 5.91 Å². The second kappa shape index (κ2) is 7.46. The molecule has 1 amide bonds. The Morgan fingerprint density at radius 3 is 2.38 bits per heavy atom. The predicted molar refractivity (Wildman–Crippen MR) is 93.3 cm³/mol. The van der Waals surface area contributed by atoms with Crippen LogP contribution in [0.2, 0.25) is 0 Å². The highest BCUT2D eigenvalue weighted by molar-refractivity contribution is 7.89. The van der Waals surface area contributed by atoms with E-state index in [0.29, 0.717) is 24.5 Å². The minimum absolute atomic E-state index is 0.0688. The van der Waals surface area contributed by atoms with Crippen LogP contribution >= 0.6 is 0 Å². The van der Waals surface area contributed by atoms with Gasteiger partial charge in [-0.25, -0.2) is 8.42 Å². The molecule has 0 unspecified atom stereocenters. The number of aryl methyl sites for hydroxylation is 2. The smallest absolute Gasteiger partial charge is 0.260 e. The minimum atomic E-state index is -3.68. The van der Waals surface area contributed by atoms with E-state index in [0.717, 1.165) is 0 Å².